The molecule has 0 N–H and O–H groups in total. The number of rotatable bonds is 0. The fourth-order valence-electron chi connectivity index (χ4n) is 2.20. The van der Waals surface area contributed by atoms with E-state index < -0.39 is 0 Å². The zero-order valence-electron chi connectivity index (χ0n) is 14.6. The molecule has 3 rings (SSSR count). The molecular weight excluding hydrogens is 367 g/mol. The molecule has 0 spiro atoms. The summed E-state index contributed by atoms with van der Waals surface area (Å²) in [5, 5.41) is 0. The van der Waals surface area contributed by atoms with Gasteiger partial charge in [0.15, 0.2) is 0 Å². The summed E-state index contributed by atoms with van der Waals surface area (Å²) in [5.74, 6) is 0. The SMILES string of the molecule is CC1=[C-]CC=C1C.CC1=[C-]CC=C1C.[CH-]1CCCCC1.[Cl-].[Zr+4]. The van der Waals surface area contributed by atoms with Gasteiger partial charge in [0.2, 0.25) is 0 Å². The van der Waals surface area contributed by atoms with Gasteiger partial charge in [-0.15, -0.1) is 26.7 Å². The molecule has 3 aliphatic carbocycles. The van der Waals surface area contributed by atoms with Crippen LogP contribution in [-0.4, -0.2) is 0 Å². The predicted octanol–water partition coefficient (Wildman–Crippen LogP) is 3.33. The van der Waals surface area contributed by atoms with Gasteiger partial charge >= 0.3 is 26.2 Å². The van der Waals surface area contributed by atoms with Crippen LogP contribution in [-0.2, 0) is 26.2 Å². The Hall–Kier alpha value is 0.133. The Balaban J connectivity index is 0. The Morgan fingerprint density at radius 3 is 1.27 bits per heavy atom. The van der Waals surface area contributed by atoms with E-state index in [1.54, 1.807) is 0 Å². The van der Waals surface area contributed by atoms with E-state index >= 15 is 0 Å². The minimum Gasteiger partial charge on any atom is -1.00 e. The molecule has 0 aromatic heterocycles. The minimum atomic E-state index is 0. The normalized spacial score (nSPS) is 18.7. The third kappa shape index (κ3) is 10.8. The van der Waals surface area contributed by atoms with E-state index in [2.05, 4.69) is 58.4 Å². The van der Waals surface area contributed by atoms with E-state index in [9.17, 15) is 0 Å². The van der Waals surface area contributed by atoms with Crippen molar-refractivity contribution < 1.29 is 38.6 Å². The molecule has 120 valence electrons. The van der Waals surface area contributed by atoms with Gasteiger partial charge in [-0.2, -0.15) is 25.0 Å². The molecule has 0 nitrogen and oxygen atoms in total. The molecular formula is C20H29ClZr. The average molecular weight is 396 g/mol. The van der Waals surface area contributed by atoms with Gasteiger partial charge in [0.25, 0.3) is 0 Å². The van der Waals surface area contributed by atoms with E-state index in [0.29, 0.717) is 0 Å². The predicted molar refractivity (Wildman–Crippen MR) is 89.0 cm³/mol. The maximum atomic E-state index is 3.19. The van der Waals surface area contributed by atoms with Crippen molar-refractivity contribution in [2.24, 2.45) is 0 Å². The molecule has 22 heavy (non-hydrogen) atoms. The second-order valence-electron chi connectivity index (χ2n) is 5.71. The monoisotopic (exact) mass is 394 g/mol. The molecule has 0 atom stereocenters. The molecule has 0 unspecified atom stereocenters. The first-order valence-electron chi connectivity index (χ1n) is 7.92. The Labute approximate surface area is 163 Å². The zero-order valence-corrected chi connectivity index (χ0v) is 17.8. The van der Waals surface area contributed by atoms with Gasteiger partial charge in [-0.25, -0.2) is 22.3 Å². The van der Waals surface area contributed by atoms with Gasteiger partial charge < -0.3 is 18.8 Å². The van der Waals surface area contributed by atoms with Crippen LogP contribution in [0.2, 0.25) is 0 Å². The summed E-state index contributed by atoms with van der Waals surface area (Å²) in [5.41, 5.74) is 5.42. The number of allylic oxidation sites excluding steroid dienone is 8. The van der Waals surface area contributed by atoms with E-state index in [0.717, 1.165) is 12.8 Å². The van der Waals surface area contributed by atoms with E-state index in [1.165, 1.54) is 54.4 Å². The zero-order chi connectivity index (χ0) is 14.8. The summed E-state index contributed by atoms with van der Waals surface area (Å²) in [7, 11) is 0. The van der Waals surface area contributed by atoms with E-state index in [-0.39, 0.29) is 38.6 Å². The Morgan fingerprint density at radius 1 is 0.773 bits per heavy atom. The van der Waals surface area contributed by atoms with Crippen LogP contribution in [0.1, 0.15) is 72.6 Å². The van der Waals surface area contributed by atoms with Crippen molar-refractivity contribution >= 4 is 0 Å². The minimum absolute atomic E-state index is 0. The van der Waals surface area contributed by atoms with Crippen LogP contribution in [0.5, 0.6) is 0 Å². The average Bonchev–Trinajstić information content (AvgIpc) is 3.03. The van der Waals surface area contributed by atoms with Gasteiger partial charge in [0, 0.05) is 0 Å². The third-order valence-electron chi connectivity index (χ3n) is 4.05. The Morgan fingerprint density at radius 2 is 1.18 bits per heavy atom. The van der Waals surface area contributed by atoms with Gasteiger partial charge in [0.05, 0.1) is 0 Å². The Kier molecular flexibility index (Phi) is 16.3. The van der Waals surface area contributed by atoms with Gasteiger partial charge in [-0.3, -0.25) is 12.2 Å². The van der Waals surface area contributed by atoms with Crippen molar-refractivity contribution in [3.05, 3.63) is 53.0 Å². The quantitative estimate of drug-likeness (QED) is 0.552. The molecule has 0 aromatic carbocycles. The molecule has 1 fully saturated rings. The van der Waals surface area contributed by atoms with Crippen molar-refractivity contribution in [2.45, 2.75) is 72.6 Å². The van der Waals surface area contributed by atoms with Crippen LogP contribution < -0.4 is 12.4 Å². The molecule has 1 saturated carbocycles. The van der Waals surface area contributed by atoms with Crippen LogP contribution >= 0.6 is 0 Å². The molecule has 0 radical (unpaired) electrons. The van der Waals surface area contributed by atoms with Crippen LogP contribution in [0.25, 0.3) is 0 Å². The second-order valence-corrected chi connectivity index (χ2v) is 5.71. The topological polar surface area (TPSA) is 0 Å². The molecule has 2 heteroatoms. The summed E-state index contributed by atoms with van der Waals surface area (Å²) in [6.45, 7) is 8.43. The summed E-state index contributed by atoms with van der Waals surface area (Å²) in [4.78, 5) is 0. The fourth-order valence-corrected chi connectivity index (χ4v) is 2.20. The van der Waals surface area contributed by atoms with Gasteiger partial charge in [-0.05, 0) is 0 Å². The second kappa shape index (κ2) is 14.7. The molecule has 0 saturated heterocycles. The first-order chi connectivity index (χ1) is 9.61. The number of hydrogen-bond donors (Lipinski definition) is 0. The van der Waals surface area contributed by atoms with E-state index in [1.807, 2.05) is 0 Å². The first kappa shape index (κ1) is 24.4. The van der Waals surface area contributed by atoms with Gasteiger partial charge in [0.1, 0.15) is 0 Å². The van der Waals surface area contributed by atoms with Crippen molar-refractivity contribution in [3.8, 4) is 0 Å². The summed E-state index contributed by atoms with van der Waals surface area (Å²) in [6.07, 6.45) is 22.3. The maximum Gasteiger partial charge on any atom is 4.00 e. The van der Waals surface area contributed by atoms with Crippen molar-refractivity contribution in [1.82, 2.24) is 0 Å². The maximum absolute atomic E-state index is 3.19. The van der Waals surface area contributed by atoms with Crippen LogP contribution in [0.15, 0.2) is 34.4 Å². The van der Waals surface area contributed by atoms with Crippen molar-refractivity contribution in [1.29, 1.82) is 0 Å². The summed E-state index contributed by atoms with van der Waals surface area (Å²) in [6, 6.07) is 0. The van der Waals surface area contributed by atoms with Crippen LogP contribution in [0, 0.1) is 18.6 Å². The van der Waals surface area contributed by atoms with E-state index in [4.69, 9.17) is 0 Å². The van der Waals surface area contributed by atoms with Crippen molar-refractivity contribution in [2.75, 3.05) is 0 Å². The largest absolute Gasteiger partial charge is 4.00 e. The smallest absolute Gasteiger partial charge is 1.00 e. The first-order valence-corrected chi connectivity index (χ1v) is 7.92. The molecule has 0 aromatic rings. The third-order valence-corrected chi connectivity index (χ3v) is 4.05. The molecule has 0 amide bonds. The van der Waals surface area contributed by atoms with Crippen LogP contribution in [0.3, 0.4) is 0 Å². The summed E-state index contributed by atoms with van der Waals surface area (Å²) >= 11 is 0. The Bertz CT molecular complexity index is 332. The molecule has 3 aliphatic rings. The fraction of sp³-hybridized carbons (Fsp3) is 0.550. The molecule has 0 heterocycles. The standard InChI is InChI=1S/2C7H9.C6H11.ClH.Zr/c2*1-6-4-3-5-7(6)2;1-2-4-6-5-3-1;;/h2*4H,3H2,1-2H3;1H,2-6H2;1H;/q3*-1;;+4/p-1. The van der Waals surface area contributed by atoms with Crippen molar-refractivity contribution in [3.63, 3.8) is 0 Å². The van der Waals surface area contributed by atoms with Gasteiger partial charge in [-0.1, -0.05) is 33.1 Å². The number of hydrogen-bond acceptors (Lipinski definition) is 0. The number of halogens is 1. The van der Waals surface area contributed by atoms with Crippen LogP contribution in [0.4, 0.5) is 0 Å². The molecule has 0 aliphatic heterocycles. The molecule has 0 bridgehead atoms. The summed E-state index contributed by atoms with van der Waals surface area (Å²) < 4.78 is 0.